The van der Waals surface area contributed by atoms with Gasteiger partial charge in [-0.1, -0.05) is 19.1 Å². The number of aryl methyl sites for hydroxylation is 1. The fourth-order valence-electron chi connectivity index (χ4n) is 1.52. The van der Waals surface area contributed by atoms with Crippen LogP contribution in [0.5, 0.6) is 0 Å². The minimum absolute atomic E-state index is 0.357. The Kier molecular flexibility index (Phi) is 1.62. The first kappa shape index (κ1) is 7.91. The van der Waals surface area contributed by atoms with E-state index in [1.165, 1.54) is 10.2 Å². The highest BCUT2D eigenvalue weighted by atomic mass is 15.4. The van der Waals surface area contributed by atoms with Crippen LogP contribution < -0.4 is 11.6 Å². The number of imidazole rings is 1. The molecule has 0 aliphatic carbocycles. The highest BCUT2D eigenvalue weighted by Gasteiger charge is 2.07. The fraction of sp³-hybridized carbons (Fsp3) is 0.222. The molecular weight excluding hydrogens is 164 g/mol. The predicted octanol–water partition coefficient (Wildman–Crippen LogP) is 0.895. The van der Waals surface area contributed by atoms with Crippen LogP contribution in [0.25, 0.3) is 11.0 Å². The molecule has 0 radical (unpaired) electrons. The highest BCUT2D eigenvalue weighted by Crippen LogP contribution is 2.19. The second-order valence-corrected chi connectivity index (χ2v) is 2.98. The minimum Gasteiger partial charge on any atom is -0.368 e. The Hall–Kier alpha value is -1.71. The van der Waals surface area contributed by atoms with Crippen LogP contribution in [0.2, 0.25) is 0 Å². The Morgan fingerprint density at radius 2 is 2.23 bits per heavy atom. The Labute approximate surface area is 76.1 Å². The zero-order valence-corrected chi connectivity index (χ0v) is 7.49. The summed E-state index contributed by atoms with van der Waals surface area (Å²) >= 11 is 0. The molecule has 4 heteroatoms. The van der Waals surface area contributed by atoms with Crippen molar-refractivity contribution in [2.75, 3.05) is 11.6 Å². The van der Waals surface area contributed by atoms with Crippen LogP contribution in [-0.2, 0) is 6.42 Å². The maximum Gasteiger partial charge on any atom is 0.220 e. The van der Waals surface area contributed by atoms with Gasteiger partial charge in [0.25, 0.3) is 0 Å². The van der Waals surface area contributed by atoms with E-state index in [1.54, 1.807) is 0 Å². The summed E-state index contributed by atoms with van der Waals surface area (Å²) in [4.78, 5) is 4.14. The van der Waals surface area contributed by atoms with Crippen LogP contribution in [-0.4, -0.2) is 9.66 Å². The Morgan fingerprint density at radius 1 is 1.46 bits per heavy atom. The first-order valence-electron chi connectivity index (χ1n) is 4.25. The van der Waals surface area contributed by atoms with Gasteiger partial charge in [0.2, 0.25) is 5.95 Å². The third-order valence-electron chi connectivity index (χ3n) is 2.20. The van der Waals surface area contributed by atoms with Gasteiger partial charge in [0, 0.05) is 0 Å². The van der Waals surface area contributed by atoms with Crippen molar-refractivity contribution in [2.45, 2.75) is 13.3 Å². The van der Waals surface area contributed by atoms with Crippen LogP contribution in [0, 0.1) is 0 Å². The normalized spacial score (nSPS) is 10.8. The van der Waals surface area contributed by atoms with Crippen molar-refractivity contribution >= 4 is 17.0 Å². The van der Waals surface area contributed by atoms with Crippen molar-refractivity contribution in [3.05, 3.63) is 23.8 Å². The van der Waals surface area contributed by atoms with E-state index in [2.05, 4.69) is 11.9 Å². The molecule has 0 aliphatic heterocycles. The largest absolute Gasteiger partial charge is 0.368 e. The van der Waals surface area contributed by atoms with Crippen LogP contribution >= 0.6 is 0 Å². The molecule has 1 aromatic carbocycles. The minimum atomic E-state index is 0.357. The molecule has 4 N–H and O–H groups in total. The molecule has 0 bridgehead atoms. The van der Waals surface area contributed by atoms with Gasteiger partial charge in [0.05, 0.1) is 11.0 Å². The average molecular weight is 176 g/mol. The third kappa shape index (κ3) is 1.02. The van der Waals surface area contributed by atoms with E-state index in [4.69, 9.17) is 11.6 Å². The lowest BCUT2D eigenvalue weighted by Gasteiger charge is -2.01. The second kappa shape index (κ2) is 2.65. The van der Waals surface area contributed by atoms with Gasteiger partial charge in [0.15, 0.2) is 0 Å². The summed E-state index contributed by atoms with van der Waals surface area (Å²) in [5.41, 5.74) is 8.57. The van der Waals surface area contributed by atoms with Gasteiger partial charge >= 0.3 is 0 Å². The summed E-state index contributed by atoms with van der Waals surface area (Å²) in [5, 5.41) is 0. The smallest absolute Gasteiger partial charge is 0.220 e. The summed E-state index contributed by atoms with van der Waals surface area (Å²) in [6.07, 6.45) is 0.930. The number of anilines is 1. The molecule has 68 valence electrons. The van der Waals surface area contributed by atoms with Crippen molar-refractivity contribution in [3.63, 3.8) is 0 Å². The molecule has 0 saturated carbocycles. The molecule has 2 rings (SSSR count). The fourth-order valence-corrected chi connectivity index (χ4v) is 1.52. The summed E-state index contributed by atoms with van der Waals surface area (Å²) in [6.45, 7) is 2.08. The van der Waals surface area contributed by atoms with E-state index < -0.39 is 0 Å². The number of fused-ring (bicyclic) bond motifs is 1. The molecule has 0 spiro atoms. The van der Waals surface area contributed by atoms with Crippen molar-refractivity contribution in [2.24, 2.45) is 0 Å². The summed E-state index contributed by atoms with van der Waals surface area (Å²) in [7, 11) is 0. The van der Waals surface area contributed by atoms with E-state index in [-0.39, 0.29) is 0 Å². The molecule has 1 heterocycles. The number of hydrogen-bond donors (Lipinski definition) is 2. The van der Waals surface area contributed by atoms with Crippen LogP contribution in [0.1, 0.15) is 12.5 Å². The van der Waals surface area contributed by atoms with E-state index in [0.717, 1.165) is 17.5 Å². The first-order chi connectivity index (χ1) is 6.24. The van der Waals surface area contributed by atoms with Gasteiger partial charge in [-0.3, -0.25) is 0 Å². The first-order valence-corrected chi connectivity index (χ1v) is 4.25. The van der Waals surface area contributed by atoms with Gasteiger partial charge in [-0.15, -0.1) is 0 Å². The molecule has 4 nitrogen and oxygen atoms in total. The average Bonchev–Trinajstić information content (AvgIpc) is 2.43. The highest BCUT2D eigenvalue weighted by molar-refractivity contribution is 5.81. The molecule has 0 amide bonds. The van der Waals surface area contributed by atoms with Crippen LogP contribution in [0.15, 0.2) is 18.2 Å². The molecule has 0 fully saturated rings. The van der Waals surface area contributed by atoms with Crippen molar-refractivity contribution in [1.29, 1.82) is 0 Å². The lowest BCUT2D eigenvalue weighted by atomic mass is 10.1. The molecule has 0 aliphatic rings. The number of nitrogen functional groups attached to an aromatic ring is 2. The number of hydrogen-bond acceptors (Lipinski definition) is 3. The van der Waals surface area contributed by atoms with Gasteiger partial charge in [-0.25, -0.2) is 9.66 Å². The Bertz CT molecular complexity index is 444. The SMILES string of the molecule is CCc1cccc2nc(N)n(N)c12. The van der Waals surface area contributed by atoms with Gasteiger partial charge in [-0.2, -0.15) is 0 Å². The van der Waals surface area contributed by atoms with Crippen LogP contribution in [0.3, 0.4) is 0 Å². The van der Waals surface area contributed by atoms with Crippen LogP contribution in [0.4, 0.5) is 5.95 Å². The number of nitrogens with two attached hydrogens (primary N) is 2. The van der Waals surface area contributed by atoms with E-state index >= 15 is 0 Å². The molecule has 0 unspecified atom stereocenters. The summed E-state index contributed by atoms with van der Waals surface area (Å²) in [5.74, 6) is 6.10. The Morgan fingerprint density at radius 3 is 2.92 bits per heavy atom. The van der Waals surface area contributed by atoms with E-state index in [0.29, 0.717) is 5.95 Å². The zero-order valence-electron chi connectivity index (χ0n) is 7.49. The lowest BCUT2D eigenvalue weighted by molar-refractivity contribution is 1.03. The third-order valence-corrected chi connectivity index (χ3v) is 2.20. The summed E-state index contributed by atoms with van der Waals surface area (Å²) < 4.78 is 1.44. The maximum atomic E-state index is 5.74. The second-order valence-electron chi connectivity index (χ2n) is 2.98. The number of para-hydroxylation sites is 1. The number of rotatable bonds is 1. The number of nitrogens with zero attached hydrogens (tertiary/aromatic N) is 2. The molecule has 0 saturated heterocycles. The molecule has 2 aromatic rings. The quantitative estimate of drug-likeness (QED) is 0.634. The van der Waals surface area contributed by atoms with Gasteiger partial charge in [-0.05, 0) is 18.1 Å². The molecule has 1 aromatic heterocycles. The molecular formula is C9H12N4. The van der Waals surface area contributed by atoms with E-state index in [1.807, 2.05) is 18.2 Å². The topological polar surface area (TPSA) is 69.9 Å². The standard InChI is InChI=1S/C9H12N4/c1-2-6-4-3-5-7-8(6)13(11)9(10)12-7/h3-5H,2,11H2,1H3,(H2,10,12). The molecule has 0 atom stereocenters. The van der Waals surface area contributed by atoms with Crippen molar-refractivity contribution in [1.82, 2.24) is 9.66 Å². The number of aromatic nitrogens is 2. The lowest BCUT2D eigenvalue weighted by Crippen LogP contribution is -2.12. The van der Waals surface area contributed by atoms with E-state index in [9.17, 15) is 0 Å². The maximum absolute atomic E-state index is 5.74. The molecule has 13 heavy (non-hydrogen) atoms. The monoisotopic (exact) mass is 176 g/mol. The van der Waals surface area contributed by atoms with Crippen molar-refractivity contribution in [3.8, 4) is 0 Å². The predicted molar refractivity (Wildman–Crippen MR) is 53.7 cm³/mol. The number of benzene rings is 1. The zero-order chi connectivity index (χ0) is 9.42. The van der Waals surface area contributed by atoms with Gasteiger partial charge < -0.3 is 11.6 Å². The van der Waals surface area contributed by atoms with Crippen molar-refractivity contribution < 1.29 is 0 Å². The summed E-state index contributed by atoms with van der Waals surface area (Å²) in [6, 6.07) is 5.91. The van der Waals surface area contributed by atoms with Gasteiger partial charge in [0.1, 0.15) is 0 Å². The Balaban J connectivity index is 2.87.